The number of hydrogen-bond donors (Lipinski definition) is 1. The Balaban J connectivity index is 1.91. The topological polar surface area (TPSA) is 76.2 Å². The van der Waals surface area contributed by atoms with Gasteiger partial charge in [-0.05, 0) is 26.7 Å². The van der Waals surface area contributed by atoms with E-state index in [1.54, 1.807) is 13.8 Å². The predicted molar refractivity (Wildman–Crippen MR) is 59.3 cm³/mol. The van der Waals surface area contributed by atoms with Gasteiger partial charge in [-0.2, -0.15) is 4.98 Å². The molecule has 0 radical (unpaired) electrons. The van der Waals surface area contributed by atoms with E-state index in [0.29, 0.717) is 17.6 Å². The fourth-order valence-electron chi connectivity index (χ4n) is 1.14. The summed E-state index contributed by atoms with van der Waals surface area (Å²) >= 11 is 1.29. The first-order chi connectivity index (χ1) is 7.49. The molecule has 1 saturated carbocycles. The molecule has 1 heterocycles. The van der Waals surface area contributed by atoms with Crippen molar-refractivity contribution in [1.82, 2.24) is 10.1 Å². The second-order valence-corrected chi connectivity index (χ2v) is 6.02. The lowest BCUT2D eigenvalue weighted by atomic mass is 10.2. The number of carbonyl (C=O) groups is 1. The molecule has 2 rings (SSSR count). The lowest BCUT2D eigenvalue weighted by Crippen LogP contribution is -2.27. The number of aliphatic carboxylic acids is 1. The summed E-state index contributed by atoms with van der Waals surface area (Å²) in [5.74, 6) is 1.36. The Bertz CT molecular complexity index is 399. The Kier molecular flexibility index (Phi) is 2.92. The van der Waals surface area contributed by atoms with Gasteiger partial charge in [0.2, 0.25) is 5.89 Å². The van der Waals surface area contributed by atoms with Crippen LogP contribution in [0.2, 0.25) is 0 Å². The molecule has 0 aromatic carbocycles. The Morgan fingerprint density at radius 2 is 2.31 bits per heavy atom. The quantitative estimate of drug-likeness (QED) is 0.851. The van der Waals surface area contributed by atoms with Crippen molar-refractivity contribution in [2.24, 2.45) is 0 Å². The van der Waals surface area contributed by atoms with Gasteiger partial charge in [-0.15, -0.1) is 11.8 Å². The zero-order valence-corrected chi connectivity index (χ0v) is 10.1. The number of carboxylic acids is 1. The van der Waals surface area contributed by atoms with Crippen LogP contribution in [-0.4, -0.2) is 26.0 Å². The predicted octanol–water partition coefficient (Wildman–Crippen LogP) is 2.04. The zero-order valence-electron chi connectivity index (χ0n) is 9.27. The van der Waals surface area contributed by atoms with Crippen molar-refractivity contribution < 1.29 is 14.4 Å². The molecule has 1 N–H and O–H groups in total. The molecule has 0 spiro atoms. The van der Waals surface area contributed by atoms with Crippen molar-refractivity contribution in [3.63, 3.8) is 0 Å². The van der Waals surface area contributed by atoms with Crippen molar-refractivity contribution >= 4 is 17.7 Å². The van der Waals surface area contributed by atoms with E-state index >= 15 is 0 Å². The van der Waals surface area contributed by atoms with Gasteiger partial charge in [0.15, 0.2) is 5.82 Å². The van der Waals surface area contributed by atoms with Gasteiger partial charge in [0.05, 0.1) is 5.75 Å². The first-order valence-electron chi connectivity index (χ1n) is 5.19. The number of rotatable bonds is 5. The Morgan fingerprint density at radius 1 is 1.62 bits per heavy atom. The summed E-state index contributed by atoms with van der Waals surface area (Å²) in [4.78, 5) is 15.1. The molecule has 5 nitrogen and oxygen atoms in total. The van der Waals surface area contributed by atoms with Crippen molar-refractivity contribution in [3.05, 3.63) is 11.7 Å². The zero-order chi connectivity index (χ0) is 11.8. The Labute approximate surface area is 97.6 Å². The van der Waals surface area contributed by atoms with Crippen LogP contribution >= 0.6 is 11.8 Å². The standard InChI is InChI=1S/C10H14N2O3S/c1-10(2,9(13)14)16-5-7-11-8(12-15-7)6-3-4-6/h6H,3-5H2,1-2H3,(H,13,14). The molecule has 0 saturated heterocycles. The van der Waals surface area contributed by atoms with Crippen LogP contribution in [0.4, 0.5) is 0 Å². The maximum atomic E-state index is 10.9. The molecule has 0 amide bonds. The summed E-state index contributed by atoms with van der Waals surface area (Å²) < 4.78 is 4.24. The van der Waals surface area contributed by atoms with Crippen LogP contribution in [0, 0.1) is 0 Å². The molecule has 1 fully saturated rings. The third-order valence-electron chi connectivity index (χ3n) is 2.50. The molecular weight excluding hydrogens is 228 g/mol. The number of thioether (sulfide) groups is 1. The van der Waals surface area contributed by atoms with E-state index < -0.39 is 10.7 Å². The van der Waals surface area contributed by atoms with Crippen molar-refractivity contribution in [2.75, 3.05) is 0 Å². The Hall–Kier alpha value is -1.04. The maximum absolute atomic E-state index is 10.9. The molecule has 0 bridgehead atoms. The van der Waals surface area contributed by atoms with Gasteiger partial charge in [-0.1, -0.05) is 5.16 Å². The maximum Gasteiger partial charge on any atom is 0.319 e. The van der Waals surface area contributed by atoms with E-state index in [9.17, 15) is 4.79 Å². The summed E-state index contributed by atoms with van der Waals surface area (Å²) in [5, 5.41) is 12.8. The highest BCUT2D eigenvalue weighted by molar-refractivity contribution is 8.00. The summed E-state index contributed by atoms with van der Waals surface area (Å²) in [7, 11) is 0. The minimum Gasteiger partial charge on any atom is -0.480 e. The molecule has 88 valence electrons. The van der Waals surface area contributed by atoms with E-state index in [1.165, 1.54) is 11.8 Å². The largest absolute Gasteiger partial charge is 0.480 e. The van der Waals surface area contributed by atoms with Gasteiger partial charge < -0.3 is 9.63 Å². The minimum atomic E-state index is -0.834. The van der Waals surface area contributed by atoms with Gasteiger partial charge in [-0.3, -0.25) is 4.79 Å². The molecule has 0 aliphatic heterocycles. The fraction of sp³-hybridized carbons (Fsp3) is 0.700. The molecule has 1 aromatic rings. The smallest absolute Gasteiger partial charge is 0.319 e. The number of nitrogens with zero attached hydrogens (tertiary/aromatic N) is 2. The van der Waals surface area contributed by atoms with E-state index in [4.69, 9.17) is 9.63 Å². The van der Waals surface area contributed by atoms with E-state index in [-0.39, 0.29) is 0 Å². The van der Waals surface area contributed by atoms with E-state index in [2.05, 4.69) is 10.1 Å². The summed E-state index contributed by atoms with van der Waals surface area (Å²) in [6.45, 7) is 3.33. The first-order valence-corrected chi connectivity index (χ1v) is 6.17. The SMILES string of the molecule is CC(C)(SCc1nc(C2CC2)no1)C(=O)O. The van der Waals surface area contributed by atoms with Crippen molar-refractivity contribution in [2.45, 2.75) is 43.1 Å². The van der Waals surface area contributed by atoms with Crippen LogP contribution in [0.15, 0.2) is 4.52 Å². The highest BCUT2D eigenvalue weighted by Gasteiger charge is 2.31. The molecule has 1 aliphatic rings. The third kappa shape index (κ3) is 2.55. The van der Waals surface area contributed by atoms with Crippen LogP contribution in [0.1, 0.15) is 44.3 Å². The second-order valence-electron chi connectivity index (χ2n) is 4.42. The van der Waals surface area contributed by atoms with Crippen LogP contribution in [0.3, 0.4) is 0 Å². The Morgan fingerprint density at radius 3 is 2.88 bits per heavy atom. The van der Waals surface area contributed by atoms with Crippen molar-refractivity contribution in [3.8, 4) is 0 Å². The second kappa shape index (κ2) is 4.08. The molecule has 1 aromatic heterocycles. The molecular formula is C10H14N2O3S. The number of carboxylic acid groups (broad SMARTS) is 1. The summed E-state index contributed by atoms with van der Waals surface area (Å²) in [6, 6.07) is 0. The molecule has 0 atom stereocenters. The average molecular weight is 242 g/mol. The number of aromatic nitrogens is 2. The summed E-state index contributed by atoms with van der Waals surface area (Å²) in [5.41, 5.74) is 0. The monoisotopic (exact) mass is 242 g/mol. The van der Waals surface area contributed by atoms with E-state index in [0.717, 1.165) is 18.7 Å². The van der Waals surface area contributed by atoms with Crippen LogP contribution in [-0.2, 0) is 10.5 Å². The minimum absolute atomic E-state index is 0.443. The lowest BCUT2D eigenvalue weighted by molar-refractivity contribution is -0.138. The molecule has 1 aliphatic carbocycles. The lowest BCUT2D eigenvalue weighted by Gasteiger charge is -2.16. The normalized spacial score (nSPS) is 16.4. The molecule has 6 heteroatoms. The van der Waals surface area contributed by atoms with Gasteiger partial charge in [-0.25, -0.2) is 0 Å². The van der Waals surface area contributed by atoms with Gasteiger partial charge in [0.25, 0.3) is 0 Å². The highest BCUT2D eigenvalue weighted by Crippen LogP contribution is 2.38. The van der Waals surface area contributed by atoms with Crippen LogP contribution in [0.5, 0.6) is 0 Å². The van der Waals surface area contributed by atoms with Gasteiger partial charge >= 0.3 is 5.97 Å². The summed E-state index contributed by atoms with van der Waals surface area (Å²) in [6.07, 6.45) is 2.26. The number of hydrogen-bond acceptors (Lipinski definition) is 5. The third-order valence-corrected chi connectivity index (χ3v) is 3.79. The first kappa shape index (κ1) is 11.4. The highest BCUT2D eigenvalue weighted by atomic mass is 32.2. The van der Waals surface area contributed by atoms with Gasteiger partial charge in [0, 0.05) is 5.92 Å². The molecule has 0 unspecified atom stereocenters. The van der Waals surface area contributed by atoms with Crippen molar-refractivity contribution in [1.29, 1.82) is 0 Å². The molecule has 16 heavy (non-hydrogen) atoms. The van der Waals surface area contributed by atoms with E-state index in [1.807, 2.05) is 0 Å². The fourth-order valence-corrected chi connectivity index (χ4v) is 1.86. The van der Waals surface area contributed by atoms with Gasteiger partial charge in [0.1, 0.15) is 4.75 Å². The van der Waals surface area contributed by atoms with Crippen LogP contribution < -0.4 is 0 Å². The van der Waals surface area contributed by atoms with Crippen LogP contribution in [0.25, 0.3) is 0 Å². The average Bonchev–Trinajstić information content (AvgIpc) is 2.95.